The fraction of sp³-hybridized carbons (Fsp3) is 0.0625. The first-order valence-electron chi connectivity index (χ1n) is 6.43. The van der Waals surface area contributed by atoms with Gasteiger partial charge in [-0.05, 0) is 24.3 Å². The molecule has 3 nitrogen and oxygen atoms in total. The van der Waals surface area contributed by atoms with E-state index in [0.29, 0.717) is 15.6 Å². The number of aromatic nitrogens is 1. The number of rotatable bonds is 4. The Balaban J connectivity index is 1.76. The van der Waals surface area contributed by atoms with E-state index in [4.69, 9.17) is 23.2 Å². The molecule has 0 radical (unpaired) electrons. The van der Waals surface area contributed by atoms with Crippen molar-refractivity contribution in [3.05, 3.63) is 64.3 Å². The molecule has 0 unspecified atom stereocenters. The number of para-hydroxylation sites is 1. The van der Waals surface area contributed by atoms with Crippen LogP contribution in [0, 0.1) is 0 Å². The van der Waals surface area contributed by atoms with Crippen LogP contribution in [0.1, 0.15) is 10.4 Å². The van der Waals surface area contributed by atoms with Gasteiger partial charge in [0.05, 0.1) is 16.6 Å². The number of benzene rings is 2. The molecule has 0 saturated carbocycles. The van der Waals surface area contributed by atoms with Crippen LogP contribution in [0.3, 0.4) is 0 Å². The highest BCUT2D eigenvalue weighted by atomic mass is 35.5. The fourth-order valence-electron chi connectivity index (χ4n) is 2.19. The third-order valence-electron chi connectivity index (χ3n) is 3.26. The van der Waals surface area contributed by atoms with Crippen LogP contribution in [0.25, 0.3) is 10.9 Å². The highest BCUT2D eigenvalue weighted by molar-refractivity contribution is 6.42. The molecule has 2 aromatic carbocycles. The van der Waals surface area contributed by atoms with Crippen molar-refractivity contribution in [2.45, 2.75) is 0 Å². The smallest absolute Gasteiger partial charge is 0.183 e. The van der Waals surface area contributed by atoms with Gasteiger partial charge in [-0.1, -0.05) is 41.4 Å². The fourth-order valence-corrected chi connectivity index (χ4v) is 2.48. The second kappa shape index (κ2) is 5.80. The van der Waals surface area contributed by atoms with Crippen molar-refractivity contribution in [1.29, 1.82) is 0 Å². The molecule has 0 aliphatic rings. The lowest BCUT2D eigenvalue weighted by atomic mass is 10.1. The van der Waals surface area contributed by atoms with Crippen LogP contribution in [-0.4, -0.2) is 17.3 Å². The van der Waals surface area contributed by atoms with Crippen LogP contribution in [0.2, 0.25) is 10.0 Å². The van der Waals surface area contributed by atoms with Gasteiger partial charge >= 0.3 is 0 Å². The van der Waals surface area contributed by atoms with Gasteiger partial charge in [-0.3, -0.25) is 4.79 Å². The summed E-state index contributed by atoms with van der Waals surface area (Å²) >= 11 is 11.8. The highest BCUT2D eigenvalue weighted by Gasteiger charge is 2.11. The van der Waals surface area contributed by atoms with Gasteiger partial charge in [-0.15, -0.1) is 0 Å². The molecule has 0 spiro atoms. The van der Waals surface area contributed by atoms with E-state index < -0.39 is 0 Å². The van der Waals surface area contributed by atoms with E-state index in [0.717, 1.165) is 16.6 Å². The van der Waals surface area contributed by atoms with Crippen LogP contribution in [0.5, 0.6) is 0 Å². The number of Topliss-reactive ketones (excluding diaryl/α,β-unsaturated/α-hetero) is 1. The molecule has 0 fully saturated rings. The first kappa shape index (κ1) is 14.0. The Morgan fingerprint density at radius 1 is 1.10 bits per heavy atom. The predicted molar refractivity (Wildman–Crippen MR) is 87.6 cm³/mol. The van der Waals surface area contributed by atoms with Crippen LogP contribution in [0.15, 0.2) is 48.7 Å². The van der Waals surface area contributed by atoms with Gasteiger partial charge in [-0.2, -0.15) is 0 Å². The Morgan fingerprint density at radius 2 is 1.90 bits per heavy atom. The largest absolute Gasteiger partial charge is 0.378 e. The second-order valence-electron chi connectivity index (χ2n) is 4.65. The summed E-state index contributed by atoms with van der Waals surface area (Å²) in [5.41, 5.74) is 2.39. The number of aromatic amines is 1. The van der Waals surface area contributed by atoms with Gasteiger partial charge < -0.3 is 10.3 Å². The Bertz CT molecular complexity index is 811. The molecular weight excluding hydrogens is 307 g/mol. The quantitative estimate of drug-likeness (QED) is 0.680. The van der Waals surface area contributed by atoms with Crippen LogP contribution in [-0.2, 0) is 0 Å². The van der Waals surface area contributed by atoms with Gasteiger partial charge in [0.2, 0.25) is 0 Å². The molecule has 5 heteroatoms. The predicted octanol–water partition coefficient (Wildman–Crippen LogP) is 4.77. The van der Waals surface area contributed by atoms with Crippen molar-refractivity contribution < 1.29 is 4.79 Å². The topological polar surface area (TPSA) is 44.9 Å². The maximum atomic E-state index is 12.3. The first-order valence-corrected chi connectivity index (χ1v) is 7.19. The normalized spacial score (nSPS) is 10.8. The maximum absolute atomic E-state index is 12.3. The second-order valence-corrected chi connectivity index (χ2v) is 5.47. The summed E-state index contributed by atoms with van der Waals surface area (Å²) < 4.78 is 0. The van der Waals surface area contributed by atoms with E-state index in [2.05, 4.69) is 10.3 Å². The zero-order valence-corrected chi connectivity index (χ0v) is 12.5. The van der Waals surface area contributed by atoms with Gasteiger partial charge in [0.15, 0.2) is 5.78 Å². The minimum absolute atomic E-state index is 0.0125. The van der Waals surface area contributed by atoms with Gasteiger partial charge in [0.1, 0.15) is 0 Å². The number of H-pyrrole nitrogens is 1. The van der Waals surface area contributed by atoms with Crippen molar-refractivity contribution in [1.82, 2.24) is 4.98 Å². The SMILES string of the molecule is O=C(CNc1ccc(Cl)c(Cl)c1)c1c[nH]c2ccccc12. The van der Waals surface area contributed by atoms with Gasteiger partial charge in [0, 0.05) is 28.4 Å². The number of nitrogens with one attached hydrogen (secondary N) is 2. The molecule has 2 N–H and O–H groups in total. The van der Waals surface area contributed by atoms with Crippen molar-refractivity contribution in [2.75, 3.05) is 11.9 Å². The van der Waals surface area contributed by atoms with Crippen LogP contribution >= 0.6 is 23.2 Å². The summed E-state index contributed by atoms with van der Waals surface area (Å²) in [6.45, 7) is 0.194. The molecule has 3 rings (SSSR count). The van der Waals surface area contributed by atoms with Crippen molar-refractivity contribution in [3.63, 3.8) is 0 Å². The molecule has 0 saturated heterocycles. The lowest BCUT2D eigenvalue weighted by molar-refractivity contribution is 0.101. The summed E-state index contributed by atoms with van der Waals surface area (Å²) in [4.78, 5) is 15.4. The molecule has 0 bridgehead atoms. The average molecular weight is 319 g/mol. The van der Waals surface area contributed by atoms with E-state index in [1.807, 2.05) is 24.3 Å². The number of anilines is 1. The number of hydrogen-bond donors (Lipinski definition) is 2. The zero-order chi connectivity index (χ0) is 14.8. The summed E-state index contributed by atoms with van der Waals surface area (Å²) in [7, 11) is 0. The Labute approximate surface area is 131 Å². The number of carbonyl (C=O) groups excluding carboxylic acids is 1. The molecule has 0 atom stereocenters. The summed E-state index contributed by atoms with van der Waals surface area (Å²) in [6, 6.07) is 12.9. The van der Waals surface area contributed by atoms with Gasteiger partial charge in [0.25, 0.3) is 0 Å². The van der Waals surface area contributed by atoms with Gasteiger partial charge in [-0.25, -0.2) is 0 Å². The molecule has 0 amide bonds. The lowest BCUT2D eigenvalue weighted by Crippen LogP contribution is -2.13. The average Bonchev–Trinajstić information content (AvgIpc) is 2.92. The molecule has 0 aliphatic heterocycles. The van der Waals surface area contributed by atoms with Crippen molar-refractivity contribution in [3.8, 4) is 0 Å². The Kier molecular flexibility index (Phi) is 3.86. The standard InChI is InChI=1S/C16H12Cl2N2O/c17-13-6-5-10(7-14(13)18)19-9-16(21)12-8-20-15-4-2-1-3-11(12)15/h1-8,19-20H,9H2. The molecule has 21 heavy (non-hydrogen) atoms. The monoisotopic (exact) mass is 318 g/mol. The minimum Gasteiger partial charge on any atom is -0.378 e. The van der Waals surface area contributed by atoms with Crippen molar-refractivity contribution >= 4 is 45.6 Å². The minimum atomic E-state index is 0.0125. The molecule has 3 aromatic rings. The van der Waals surface area contributed by atoms with Crippen LogP contribution < -0.4 is 5.32 Å². The Hall–Kier alpha value is -1.97. The molecule has 106 valence electrons. The van der Waals surface area contributed by atoms with E-state index in [9.17, 15) is 4.79 Å². The van der Waals surface area contributed by atoms with E-state index in [1.165, 1.54) is 0 Å². The molecular formula is C16H12Cl2N2O. The number of carbonyl (C=O) groups is 1. The van der Waals surface area contributed by atoms with E-state index in [-0.39, 0.29) is 12.3 Å². The van der Waals surface area contributed by atoms with E-state index >= 15 is 0 Å². The number of hydrogen-bond acceptors (Lipinski definition) is 2. The lowest BCUT2D eigenvalue weighted by Gasteiger charge is -2.06. The van der Waals surface area contributed by atoms with Crippen LogP contribution in [0.4, 0.5) is 5.69 Å². The van der Waals surface area contributed by atoms with Crippen molar-refractivity contribution in [2.24, 2.45) is 0 Å². The molecule has 0 aliphatic carbocycles. The summed E-state index contributed by atoms with van der Waals surface area (Å²) in [6.07, 6.45) is 1.74. The zero-order valence-electron chi connectivity index (χ0n) is 11.0. The summed E-state index contributed by atoms with van der Waals surface area (Å²) in [5, 5.41) is 4.94. The third kappa shape index (κ3) is 2.89. The highest BCUT2D eigenvalue weighted by Crippen LogP contribution is 2.25. The summed E-state index contributed by atoms with van der Waals surface area (Å²) in [5.74, 6) is 0.0125. The number of halogens is 2. The third-order valence-corrected chi connectivity index (χ3v) is 4.00. The molecule has 1 aromatic heterocycles. The van der Waals surface area contributed by atoms with E-state index in [1.54, 1.807) is 24.4 Å². The number of fused-ring (bicyclic) bond motifs is 1. The maximum Gasteiger partial charge on any atom is 0.183 e. The number of ketones is 1. The molecule has 1 heterocycles. The Morgan fingerprint density at radius 3 is 2.71 bits per heavy atom. The first-order chi connectivity index (χ1) is 10.1.